The first kappa shape index (κ1) is 13.8. The summed E-state index contributed by atoms with van der Waals surface area (Å²) in [5.74, 6) is -0.265. The minimum Gasteiger partial charge on any atom is -0.358 e. The number of aromatic nitrogens is 1. The molecule has 2 amide bonds. The quantitative estimate of drug-likeness (QED) is 0.799. The summed E-state index contributed by atoms with van der Waals surface area (Å²) in [6, 6.07) is 9.78. The van der Waals surface area contributed by atoms with Crippen LogP contribution in [0.15, 0.2) is 30.3 Å². The van der Waals surface area contributed by atoms with E-state index in [4.69, 9.17) is 0 Å². The first-order chi connectivity index (χ1) is 10.3. The lowest BCUT2D eigenvalue weighted by molar-refractivity contribution is -0.139. The van der Waals surface area contributed by atoms with Crippen LogP contribution < -0.4 is 5.32 Å². The normalized spacial score (nSPS) is 16.0. The van der Waals surface area contributed by atoms with Gasteiger partial charge < -0.3 is 10.3 Å². The number of piperazine rings is 1. The van der Waals surface area contributed by atoms with E-state index >= 15 is 0 Å². The molecule has 0 saturated carbocycles. The van der Waals surface area contributed by atoms with Crippen LogP contribution in [0.25, 0.3) is 10.9 Å². The maximum atomic E-state index is 12.3. The highest BCUT2D eigenvalue weighted by Crippen LogP contribution is 2.15. The van der Waals surface area contributed by atoms with Crippen molar-refractivity contribution in [3.05, 3.63) is 36.0 Å². The predicted molar refractivity (Wildman–Crippen MR) is 79.0 cm³/mol. The average Bonchev–Trinajstić information content (AvgIpc) is 2.91. The number of para-hydroxylation sites is 1. The Balaban J connectivity index is 1.72. The van der Waals surface area contributed by atoms with E-state index in [9.17, 15) is 9.59 Å². The molecule has 1 radical (unpaired) electrons. The Morgan fingerprint density at radius 3 is 2.76 bits per heavy atom. The van der Waals surface area contributed by atoms with Gasteiger partial charge in [-0.15, -0.1) is 0 Å². The van der Waals surface area contributed by atoms with Crippen LogP contribution in [0.4, 0.5) is 0 Å². The lowest BCUT2D eigenvalue weighted by atomic mass is 10.2. The molecule has 6 nitrogen and oxygen atoms in total. The molecule has 1 aliphatic heterocycles. The summed E-state index contributed by atoms with van der Waals surface area (Å²) in [5.41, 5.74) is 1.79. The monoisotopic (exact) mass is 285 g/mol. The van der Waals surface area contributed by atoms with E-state index in [2.05, 4.69) is 10.3 Å². The number of benzene rings is 1. The van der Waals surface area contributed by atoms with Gasteiger partial charge in [0.05, 0.1) is 6.42 Å². The third-order valence-electron chi connectivity index (χ3n) is 3.63. The standard InChI is InChI=1S/C15H17N4O2/c20-11-19(18-7-5-16-6-8-18)15(21)10-13-9-12-3-1-2-4-14(12)17-13/h1-4,9,16-17H,5-8,10H2. The van der Waals surface area contributed by atoms with Crippen molar-refractivity contribution in [2.24, 2.45) is 0 Å². The highest BCUT2D eigenvalue weighted by molar-refractivity contribution is 5.88. The summed E-state index contributed by atoms with van der Waals surface area (Å²) in [6.45, 7) is 2.79. The molecular formula is C15H17N4O2. The number of nitrogens with zero attached hydrogens (tertiary/aromatic N) is 2. The van der Waals surface area contributed by atoms with Crippen LogP contribution in [0.5, 0.6) is 0 Å². The van der Waals surface area contributed by atoms with E-state index in [0.717, 1.165) is 34.7 Å². The zero-order valence-electron chi connectivity index (χ0n) is 11.6. The fraction of sp³-hybridized carbons (Fsp3) is 0.333. The number of H-pyrrole nitrogens is 1. The maximum absolute atomic E-state index is 12.3. The Morgan fingerprint density at radius 2 is 2.05 bits per heavy atom. The molecule has 0 aliphatic carbocycles. The van der Waals surface area contributed by atoms with Crippen molar-refractivity contribution in [2.45, 2.75) is 6.42 Å². The molecule has 0 bridgehead atoms. The largest absolute Gasteiger partial charge is 0.358 e. The van der Waals surface area contributed by atoms with Crippen LogP contribution in [0.1, 0.15) is 5.69 Å². The van der Waals surface area contributed by atoms with Gasteiger partial charge in [0, 0.05) is 37.4 Å². The first-order valence-electron chi connectivity index (χ1n) is 7.01. The predicted octanol–water partition coefficient (Wildman–Crippen LogP) is 0.426. The lowest BCUT2D eigenvalue weighted by Gasteiger charge is -2.32. The summed E-state index contributed by atoms with van der Waals surface area (Å²) in [4.78, 5) is 26.6. The van der Waals surface area contributed by atoms with Gasteiger partial charge in [0.1, 0.15) is 0 Å². The summed E-state index contributed by atoms with van der Waals surface area (Å²) in [5, 5.41) is 7.05. The van der Waals surface area contributed by atoms with Crippen molar-refractivity contribution in [3.8, 4) is 0 Å². The number of hydrogen-bond acceptors (Lipinski definition) is 4. The smallest absolute Gasteiger partial charge is 0.335 e. The Morgan fingerprint density at radius 1 is 1.29 bits per heavy atom. The molecular weight excluding hydrogens is 268 g/mol. The molecule has 0 unspecified atom stereocenters. The van der Waals surface area contributed by atoms with Crippen molar-refractivity contribution in [1.82, 2.24) is 20.3 Å². The summed E-state index contributed by atoms with van der Waals surface area (Å²) < 4.78 is 0. The van der Waals surface area contributed by atoms with Crippen LogP contribution in [-0.4, -0.2) is 53.5 Å². The third kappa shape index (κ3) is 2.96. The topological polar surface area (TPSA) is 68.4 Å². The molecule has 21 heavy (non-hydrogen) atoms. The van der Waals surface area contributed by atoms with Crippen LogP contribution in [0.3, 0.4) is 0 Å². The van der Waals surface area contributed by atoms with E-state index in [0.29, 0.717) is 13.1 Å². The highest BCUT2D eigenvalue weighted by atomic mass is 16.2. The number of fused-ring (bicyclic) bond motifs is 1. The highest BCUT2D eigenvalue weighted by Gasteiger charge is 2.23. The molecule has 1 saturated heterocycles. The number of amides is 2. The van der Waals surface area contributed by atoms with Gasteiger partial charge in [-0.3, -0.25) is 9.59 Å². The minimum atomic E-state index is -0.265. The Labute approximate surface area is 122 Å². The number of nitrogens with one attached hydrogen (secondary N) is 2. The average molecular weight is 285 g/mol. The zero-order chi connectivity index (χ0) is 14.7. The summed E-state index contributed by atoms with van der Waals surface area (Å²) in [7, 11) is 0. The second-order valence-electron chi connectivity index (χ2n) is 5.06. The van der Waals surface area contributed by atoms with Crippen molar-refractivity contribution in [3.63, 3.8) is 0 Å². The third-order valence-corrected chi connectivity index (χ3v) is 3.63. The molecule has 0 atom stereocenters. The van der Waals surface area contributed by atoms with Crippen molar-refractivity contribution < 1.29 is 9.59 Å². The lowest BCUT2D eigenvalue weighted by Crippen LogP contribution is -2.54. The van der Waals surface area contributed by atoms with E-state index in [1.54, 1.807) is 11.4 Å². The van der Waals surface area contributed by atoms with Crippen LogP contribution in [-0.2, 0) is 16.0 Å². The maximum Gasteiger partial charge on any atom is 0.335 e. The SMILES string of the molecule is O=[C]N(C(=O)Cc1cc2ccccc2[nH]1)N1CCNCC1. The molecule has 6 heteroatoms. The van der Waals surface area contributed by atoms with Crippen LogP contribution in [0.2, 0.25) is 0 Å². The number of rotatable bonds is 4. The molecule has 1 aliphatic rings. The van der Waals surface area contributed by atoms with Gasteiger partial charge in [0.2, 0.25) is 5.91 Å². The van der Waals surface area contributed by atoms with Gasteiger partial charge in [0.25, 0.3) is 0 Å². The van der Waals surface area contributed by atoms with Crippen molar-refractivity contribution >= 4 is 23.2 Å². The van der Waals surface area contributed by atoms with E-state index in [1.807, 2.05) is 30.3 Å². The Kier molecular flexibility index (Phi) is 3.98. The molecule has 2 N–H and O–H groups in total. The van der Waals surface area contributed by atoms with Crippen LogP contribution >= 0.6 is 0 Å². The number of carbonyl (C=O) groups excluding carboxylic acids is 2. The van der Waals surface area contributed by atoms with Gasteiger partial charge in [-0.05, 0) is 17.5 Å². The second kappa shape index (κ2) is 6.07. The van der Waals surface area contributed by atoms with Gasteiger partial charge in [-0.1, -0.05) is 18.2 Å². The summed E-state index contributed by atoms with van der Waals surface area (Å²) in [6.07, 6.45) is 1.90. The molecule has 3 rings (SSSR count). The zero-order valence-corrected chi connectivity index (χ0v) is 11.6. The molecule has 2 heterocycles. The molecule has 1 aromatic carbocycles. The van der Waals surface area contributed by atoms with Gasteiger partial charge in [-0.25, -0.2) is 10.0 Å². The minimum absolute atomic E-state index is 0.161. The molecule has 109 valence electrons. The van der Waals surface area contributed by atoms with E-state index < -0.39 is 0 Å². The Hall–Kier alpha value is -2.18. The number of carbonyl (C=O) groups is 1. The number of aromatic amines is 1. The second-order valence-corrected chi connectivity index (χ2v) is 5.06. The number of hydrogen-bond donors (Lipinski definition) is 2. The van der Waals surface area contributed by atoms with Gasteiger partial charge in [-0.2, -0.15) is 0 Å². The van der Waals surface area contributed by atoms with E-state index in [-0.39, 0.29) is 12.3 Å². The first-order valence-corrected chi connectivity index (χ1v) is 7.01. The van der Waals surface area contributed by atoms with Crippen molar-refractivity contribution in [1.29, 1.82) is 0 Å². The van der Waals surface area contributed by atoms with E-state index in [1.165, 1.54) is 0 Å². The number of imide groups is 1. The fourth-order valence-electron chi connectivity index (χ4n) is 2.59. The van der Waals surface area contributed by atoms with Crippen LogP contribution in [0, 0.1) is 0 Å². The van der Waals surface area contributed by atoms with Gasteiger partial charge >= 0.3 is 6.41 Å². The summed E-state index contributed by atoms with van der Waals surface area (Å²) >= 11 is 0. The Bertz CT molecular complexity index is 613. The molecule has 2 aromatic rings. The molecule has 1 fully saturated rings. The number of hydrazine groups is 1. The molecule has 0 spiro atoms. The van der Waals surface area contributed by atoms with Crippen molar-refractivity contribution in [2.75, 3.05) is 26.2 Å². The van der Waals surface area contributed by atoms with Gasteiger partial charge in [0.15, 0.2) is 0 Å². The molecule has 1 aromatic heterocycles. The fourth-order valence-corrected chi connectivity index (χ4v) is 2.59.